The molecule has 0 unspecified atom stereocenters. The second kappa shape index (κ2) is 8.99. The highest BCUT2D eigenvalue weighted by Gasteiger charge is 2.13. The van der Waals surface area contributed by atoms with Crippen molar-refractivity contribution in [2.45, 2.75) is 13.2 Å². The van der Waals surface area contributed by atoms with Crippen LogP contribution >= 0.6 is 0 Å². The van der Waals surface area contributed by atoms with Gasteiger partial charge in [0.1, 0.15) is 13.2 Å². The van der Waals surface area contributed by atoms with Crippen LogP contribution in [0.2, 0.25) is 0 Å². The van der Waals surface area contributed by atoms with E-state index in [4.69, 9.17) is 9.47 Å². The van der Waals surface area contributed by atoms with Gasteiger partial charge < -0.3 is 9.47 Å². The van der Waals surface area contributed by atoms with E-state index in [1.165, 1.54) is 5.39 Å². The van der Waals surface area contributed by atoms with Gasteiger partial charge in [0.05, 0.1) is 0 Å². The lowest BCUT2D eigenvalue weighted by Crippen LogP contribution is -2.01. The van der Waals surface area contributed by atoms with Crippen molar-refractivity contribution in [1.29, 1.82) is 0 Å². The molecule has 0 aliphatic rings. The Morgan fingerprint density at radius 1 is 0.594 bits per heavy atom. The van der Waals surface area contributed by atoms with Crippen LogP contribution in [-0.4, -0.2) is 0 Å². The summed E-state index contributed by atoms with van der Waals surface area (Å²) in [5, 5.41) is 4.51. The summed E-state index contributed by atoms with van der Waals surface area (Å²) in [7, 11) is 0. The molecule has 0 aliphatic carbocycles. The van der Waals surface area contributed by atoms with Gasteiger partial charge in [-0.1, -0.05) is 91.5 Å². The normalized spacial score (nSPS) is 10.9. The van der Waals surface area contributed by atoms with Gasteiger partial charge in [0, 0.05) is 5.39 Å². The molecule has 0 N–H and O–H groups in total. The molecule has 0 atom stereocenters. The highest BCUT2D eigenvalue weighted by atomic mass is 16.5. The minimum absolute atomic E-state index is 0.479. The molecular weight excluding hydrogens is 392 g/mol. The van der Waals surface area contributed by atoms with Gasteiger partial charge in [-0.2, -0.15) is 0 Å². The second-order valence-electron chi connectivity index (χ2n) is 7.83. The molecule has 156 valence electrons. The lowest BCUT2D eigenvalue weighted by Gasteiger charge is -2.16. The smallest absolute Gasteiger partial charge is 0.169 e. The van der Waals surface area contributed by atoms with Gasteiger partial charge in [0.15, 0.2) is 11.5 Å². The third-order valence-corrected chi connectivity index (χ3v) is 5.61. The van der Waals surface area contributed by atoms with Gasteiger partial charge >= 0.3 is 0 Å². The fourth-order valence-electron chi connectivity index (χ4n) is 3.90. The molecule has 0 spiro atoms. The van der Waals surface area contributed by atoms with Crippen molar-refractivity contribution in [2.75, 3.05) is 0 Å². The van der Waals surface area contributed by atoms with Crippen molar-refractivity contribution in [3.63, 3.8) is 0 Å². The third-order valence-electron chi connectivity index (χ3n) is 5.61. The zero-order valence-corrected chi connectivity index (χ0v) is 17.8. The van der Waals surface area contributed by atoms with E-state index >= 15 is 0 Å². The largest absolute Gasteiger partial charge is 0.485 e. The molecule has 0 heterocycles. The molecule has 0 aliphatic heterocycles. The predicted octanol–water partition coefficient (Wildman–Crippen LogP) is 7.79. The van der Waals surface area contributed by atoms with Crippen LogP contribution in [0.1, 0.15) is 16.7 Å². The van der Waals surface area contributed by atoms with E-state index in [0.29, 0.717) is 13.2 Å². The summed E-state index contributed by atoms with van der Waals surface area (Å²) in [6, 6.07) is 35.3. The van der Waals surface area contributed by atoms with E-state index < -0.39 is 0 Å². The lowest BCUT2D eigenvalue weighted by atomic mass is 10.0. The topological polar surface area (TPSA) is 18.5 Å². The fourth-order valence-corrected chi connectivity index (χ4v) is 3.90. The van der Waals surface area contributed by atoms with Crippen molar-refractivity contribution in [1.82, 2.24) is 0 Å². The summed E-state index contributed by atoms with van der Waals surface area (Å²) in [6.45, 7) is 4.87. The SMILES string of the molecule is C=Cc1ccc2cc3ccc(OCc4ccccc4)c(OCc4ccccc4)c3cc2c1. The molecule has 2 nitrogen and oxygen atoms in total. The minimum atomic E-state index is 0.479. The summed E-state index contributed by atoms with van der Waals surface area (Å²) in [5.74, 6) is 1.52. The Labute approximate surface area is 188 Å². The van der Waals surface area contributed by atoms with Gasteiger partial charge in [0.2, 0.25) is 0 Å². The average molecular weight is 417 g/mol. The number of benzene rings is 5. The maximum absolute atomic E-state index is 6.39. The summed E-state index contributed by atoms with van der Waals surface area (Å²) in [4.78, 5) is 0. The van der Waals surface area contributed by atoms with E-state index in [9.17, 15) is 0 Å². The summed E-state index contributed by atoms with van der Waals surface area (Å²) >= 11 is 0. The van der Waals surface area contributed by atoms with Crippen molar-refractivity contribution < 1.29 is 9.47 Å². The van der Waals surface area contributed by atoms with Gasteiger partial charge in [-0.3, -0.25) is 0 Å². The third kappa shape index (κ3) is 4.21. The number of hydrogen-bond acceptors (Lipinski definition) is 2. The Balaban J connectivity index is 1.58. The van der Waals surface area contributed by atoms with Crippen molar-refractivity contribution >= 4 is 27.6 Å². The Morgan fingerprint density at radius 3 is 1.94 bits per heavy atom. The molecule has 0 radical (unpaired) electrons. The Kier molecular flexibility index (Phi) is 5.59. The molecule has 0 amide bonds. The molecule has 32 heavy (non-hydrogen) atoms. The first-order valence-electron chi connectivity index (χ1n) is 10.8. The standard InChI is InChI=1S/C30H24O2/c1-2-22-13-14-25-18-26-15-16-29(31-20-23-9-5-3-6-10-23)30(28(26)19-27(25)17-22)32-21-24-11-7-4-8-12-24/h2-19H,1,20-21H2. The molecule has 5 aromatic rings. The molecule has 5 rings (SSSR count). The molecule has 0 fully saturated rings. The first-order chi connectivity index (χ1) is 15.8. The van der Waals surface area contributed by atoms with Gasteiger partial charge in [-0.05, 0) is 57.1 Å². The number of hydrogen-bond donors (Lipinski definition) is 0. The molecule has 0 saturated carbocycles. The van der Waals surface area contributed by atoms with Crippen LogP contribution in [0.3, 0.4) is 0 Å². The van der Waals surface area contributed by atoms with E-state index in [-0.39, 0.29) is 0 Å². The number of ether oxygens (including phenoxy) is 2. The fraction of sp³-hybridized carbons (Fsp3) is 0.0667. The maximum atomic E-state index is 6.39. The van der Waals surface area contributed by atoms with Crippen molar-refractivity contribution in [3.8, 4) is 11.5 Å². The first kappa shape index (κ1) is 19.9. The van der Waals surface area contributed by atoms with Crippen LogP contribution in [0.15, 0.2) is 110 Å². The molecule has 0 saturated heterocycles. The van der Waals surface area contributed by atoms with Gasteiger partial charge in [-0.15, -0.1) is 0 Å². The van der Waals surface area contributed by atoms with Crippen LogP contribution in [0.5, 0.6) is 11.5 Å². The molecular formula is C30H24O2. The average Bonchev–Trinajstić information content (AvgIpc) is 2.86. The van der Waals surface area contributed by atoms with Gasteiger partial charge in [0.25, 0.3) is 0 Å². The van der Waals surface area contributed by atoms with Crippen LogP contribution < -0.4 is 9.47 Å². The molecule has 0 aromatic heterocycles. The molecule has 2 heteroatoms. The zero-order valence-electron chi connectivity index (χ0n) is 17.8. The van der Waals surface area contributed by atoms with Crippen LogP contribution in [0.4, 0.5) is 0 Å². The minimum Gasteiger partial charge on any atom is -0.485 e. The first-order valence-corrected chi connectivity index (χ1v) is 10.8. The van der Waals surface area contributed by atoms with E-state index in [1.807, 2.05) is 48.5 Å². The van der Waals surface area contributed by atoms with Crippen LogP contribution in [0.25, 0.3) is 27.6 Å². The summed E-state index contributed by atoms with van der Waals surface area (Å²) in [6.07, 6.45) is 1.87. The van der Waals surface area contributed by atoms with E-state index in [1.54, 1.807) is 0 Å². The Morgan fingerprint density at radius 2 is 1.25 bits per heavy atom. The lowest BCUT2D eigenvalue weighted by molar-refractivity contribution is 0.259. The van der Waals surface area contributed by atoms with Crippen LogP contribution in [-0.2, 0) is 13.2 Å². The van der Waals surface area contributed by atoms with Gasteiger partial charge in [-0.25, -0.2) is 0 Å². The highest BCUT2D eigenvalue weighted by Crippen LogP contribution is 2.39. The Hall–Kier alpha value is -4.04. The monoisotopic (exact) mass is 416 g/mol. The second-order valence-corrected chi connectivity index (χ2v) is 7.83. The quantitative estimate of drug-likeness (QED) is 0.252. The predicted molar refractivity (Wildman–Crippen MR) is 133 cm³/mol. The zero-order chi connectivity index (χ0) is 21.8. The van der Waals surface area contributed by atoms with Crippen molar-refractivity contribution in [2.24, 2.45) is 0 Å². The molecule has 0 bridgehead atoms. The number of rotatable bonds is 7. The van der Waals surface area contributed by atoms with Crippen molar-refractivity contribution in [3.05, 3.63) is 126 Å². The summed E-state index contributed by atoms with van der Waals surface area (Å²) in [5.41, 5.74) is 3.34. The Bertz CT molecular complexity index is 1370. The van der Waals surface area contributed by atoms with E-state index in [0.717, 1.165) is 44.3 Å². The maximum Gasteiger partial charge on any atom is 0.169 e. The molecule has 5 aromatic carbocycles. The van der Waals surface area contributed by atoms with Crippen LogP contribution in [0, 0.1) is 0 Å². The summed E-state index contributed by atoms with van der Waals surface area (Å²) < 4.78 is 12.6. The number of fused-ring (bicyclic) bond motifs is 2. The highest BCUT2D eigenvalue weighted by molar-refractivity contribution is 6.02. The van der Waals surface area contributed by atoms with E-state index in [2.05, 4.69) is 67.2 Å².